The number of aliphatic hydroxyl groups is 1. The zero-order valence-electron chi connectivity index (χ0n) is 7.40. The van der Waals surface area contributed by atoms with Gasteiger partial charge in [-0.1, -0.05) is 19.1 Å². The third kappa shape index (κ3) is 1.84. The topological polar surface area (TPSA) is 20.2 Å². The molecule has 1 saturated carbocycles. The van der Waals surface area contributed by atoms with Crippen LogP contribution in [0.4, 0.5) is 0 Å². The Bertz CT molecular complexity index is 151. The summed E-state index contributed by atoms with van der Waals surface area (Å²) in [4.78, 5) is 0. The van der Waals surface area contributed by atoms with E-state index in [4.69, 9.17) is 5.11 Å². The number of hydrogen-bond donors (Lipinski definition) is 1. The lowest BCUT2D eigenvalue weighted by molar-refractivity contribution is 0.253. The molecular weight excluding hydrogens is 136 g/mol. The molecule has 1 rings (SSSR count). The quantitative estimate of drug-likeness (QED) is 0.619. The Morgan fingerprint density at radius 1 is 1.64 bits per heavy atom. The molecule has 0 unspecified atom stereocenters. The monoisotopic (exact) mass is 154 g/mol. The molecule has 64 valence electrons. The Morgan fingerprint density at radius 3 is 2.82 bits per heavy atom. The van der Waals surface area contributed by atoms with Gasteiger partial charge in [-0.15, -0.1) is 0 Å². The molecule has 1 nitrogen and oxygen atoms in total. The summed E-state index contributed by atoms with van der Waals surface area (Å²) in [5.74, 6) is 0. The maximum Gasteiger partial charge on any atom is 0.0431 e. The highest BCUT2D eigenvalue weighted by Crippen LogP contribution is 2.44. The second-order valence-corrected chi connectivity index (χ2v) is 3.84. The third-order valence-electron chi connectivity index (χ3n) is 2.95. The van der Waals surface area contributed by atoms with Gasteiger partial charge in [0, 0.05) is 6.61 Å². The molecule has 1 atom stereocenters. The average Bonchev–Trinajstić information content (AvgIpc) is 2.30. The van der Waals surface area contributed by atoms with Crippen molar-refractivity contribution in [2.75, 3.05) is 6.61 Å². The minimum Gasteiger partial charge on any atom is -0.396 e. The van der Waals surface area contributed by atoms with E-state index in [1.165, 1.54) is 24.8 Å². The maximum absolute atomic E-state index is 8.70. The Balaban J connectivity index is 2.44. The first-order valence-corrected chi connectivity index (χ1v) is 4.48. The molecule has 0 spiro atoms. The van der Waals surface area contributed by atoms with Crippen LogP contribution in [0.1, 0.15) is 39.0 Å². The van der Waals surface area contributed by atoms with Crippen molar-refractivity contribution in [1.82, 2.24) is 0 Å². The normalized spacial score (nSPS) is 31.3. The van der Waals surface area contributed by atoms with Gasteiger partial charge in [0.25, 0.3) is 0 Å². The highest BCUT2D eigenvalue weighted by molar-refractivity contribution is 5.13. The minimum absolute atomic E-state index is 0.322. The summed E-state index contributed by atoms with van der Waals surface area (Å²) < 4.78 is 0. The first-order valence-electron chi connectivity index (χ1n) is 4.48. The van der Waals surface area contributed by atoms with E-state index in [9.17, 15) is 0 Å². The van der Waals surface area contributed by atoms with Crippen molar-refractivity contribution in [3.8, 4) is 0 Å². The molecule has 11 heavy (non-hydrogen) atoms. The van der Waals surface area contributed by atoms with Crippen molar-refractivity contribution in [3.63, 3.8) is 0 Å². The fourth-order valence-corrected chi connectivity index (χ4v) is 1.94. The van der Waals surface area contributed by atoms with Gasteiger partial charge in [-0.25, -0.2) is 0 Å². The molecule has 0 radical (unpaired) electrons. The van der Waals surface area contributed by atoms with Crippen LogP contribution in [0.3, 0.4) is 0 Å². The zero-order valence-corrected chi connectivity index (χ0v) is 7.40. The van der Waals surface area contributed by atoms with Gasteiger partial charge in [-0.05, 0) is 37.5 Å². The molecule has 0 amide bonds. The molecule has 0 heterocycles. The number of aliphatic hydroxyl groups excluding tert-OH is 1. The van der Waals surface area contributed by atoms with Gasteiger partial charge in [-0.2, -0.15) is 0 Å². The third-order valence-corrected chi connectivity index (χ3v) is 2.95. The van der Waals surface area contributed by atoms with Gasteiger partial charge in [0.1, 0.15) is 0 Å². The second-order valence-electron chi connectivity index (χ2n) is 3.84. The molecule has 0 aromatic rings. The van der Waals surface area contributed by atoms with E-state index in [2.05, 4.69) is 13.5 Å². The molecule has 0 saturated heterocycles. The summed E-state index contributed by atoms with van der Waals surface area (Å²) in [6.07, 6.45) is 5.80. The Hall–Kier alpha value is -0.300. The number of rotatable bonds is 3. The lowest BCUT2D eigenvalue weighted by atomic mass is 9.81. The van der Waals surface area contributed by atoms with Crippen molar-refractivity contribution in [2.24, 2.45) is 5.41 Å². The van der Waals surface area contributed by atoms with Crippen LogP contribution < -0.4 is 0 Å². The SMILES string of the molecule is C=C1CCC[C@]1(C)CCCO. The van der Waals surface area contributed by atoms with E-state index in [0.29, 0.717) is 12.0 Å². The van der Waals surface area contributed by atoms with Crippen LogP contribution in [0.5, 0.6) is 0 Å². The van der Waals surface area contributed by atoms with E-state index >= 15 is 0 Å². The largest absolute Gasteiger partial charge is 0.396 e. The summed E-state index contributed by atoms with van der Waals surface area (Å²) in [5.41, 5.74) is 1.74. The summed E-state index contributed by atoms with van der Waals surface area (Å²) in [6.45, 7) is 6.68. The smallest absolute Gasteiger partial charge is 0.0431 e. The number of hydrogen-bond acceptors (Lipinski definition) is 1. The van der Waals surface area contributed by atoms with E-state index in [1.807, 2.05) is 0 Å². The van der Waals surface area contributed by atoms with Crippen molar-refractivity contribution in [2.45, 2.75) is 39.0 Å². The van der Waals surface area contributed by atoms with E-state index < -0.39 is 0 Å². The fraction of sp³-hybridized carbons (Fsp3) is 0.800. The molecule has 1 aliphatic rings. The Labute approximate surface area is 69.1 Å². The first-order chi connectivity index (χ1) is 5.19. The first kappa shape index (κ1) is 8.79. The lowest BCUT2D eigenvalue weighted by Crippen LogP contribution is -2.13. The average molecular weight is 154 g/mol. The Morgan fingerprint density at radius 2 is 2.36 bits per heavy atom. The van der Waals surface area contributed by atoms with E-state index in [1.54, 1.807) is 0 Å². The van der Waals surface area contributed by atoms with Crippen molar-refractivity contribution in [3.05, 3.63) is 12.2 Å². The molecule has 0 aromatic heterocycles. The van der Waals surface area contributed by atoms with Crippen LogP contribution in [0, 0.1) is 5.41 Å². The lowest BCUT2D eigenvalue weighted by Gasteiger charge is -2.24. The Kier molecular flexibility index (Phi) is 2.72. The van der Waals surface area contributed by atoms with E-state index in [0.717, 1.165) is 12.8 Å². The van der Waals surface area contributed by atoms with Gasteiger partial charge in [0.15, 0.2) is 0 Å². The van der Waals surface area contributed by atoms with Crippen LogP contribution in [0.2, 0.25) is 0 Å². The molecule has 0 aliphatic heterocycles. The summed E-state index contributed by atoms with van der Waals surface area (Å²) in [6, 6.07) is 0. The zero-order chi connectivity index (χ0) is 8.32. The van der Waals surface area contributed by atoms with Crippen LogP contribution in [-0.4, -0.2) is 11.7 Å². The predicted molar refractivity (Wildman–Crippen MR) is 47.4 cm³/mol. The molecule has 0 bridgehead atoms. The van der Waals surface area contributed by atoms with Crippen LogP contribution >= 0.6 is 0 Å². The van der Waals surface area contributed by atoms with E-state index in [-0.39, 0.29) is 0 Å². The molecule has 1 fully saturated rings. The number of allylic oxidation sites excluding steroid dienone is 1. The standard InChI is InChI=1S/C10H18O/c1-9-5-3-6-10(9,2)7-4-8-11/h11H,1,3-8H2,2H3/t10-/m1/s1. The van der Waals surface area contributed by atoms with Crippen LogP contribution in [-0.2, 0) is 0 Å². The van der Waals surface area contributed by atoms with Gasteiger partial charge in [-0.3, -0.25) is 0 Å². The molecule has 1 aliphatic carbocycles. The highest BCUT2D eigenvalue weighted by atomic mass is 16.2. The van der Waals surface area contributed by atoms with Gasteiger partial charge >= 0.3 is 0 Å². The van der Waals surface area contributed by atoms with Crippen molar-refractivity contribution >= 4 is 0 Å². The van der Waals surface area contributed by atoms with Gasteiger partial charge < -0.3 is 5.11 Å². The second kappa shape index (κ2) is 3.40. The van der Waals surface area contributed by atoms with Gasteiger partial charge in [0.05, 0.1) is 0 Å². The van der Waals surface area contributed by atoms with Crippen molar-refractivity contribution in [1.29, 1.82) is 0 Å². The van der Waals surface area contributed by atoms with Gasteiger partial charge in [0.2, 0.25) is 0 Å². The predicted octanol–water partition coefficient (Wildman–Crippen LogP) is 2.51. The maximum atomic E-state index is 8.70. The summed E-state index contributed by atoms with van der Waals surface area (Å²) in [5, 5.41) is 8.70. The van der Waals surface area contributed by atoms with Crippen LogP contribution in [0.25, 0.3) is 0 Å². The van der Waals surface area contributed by atoms with Crippen LogP contribution in [0.15, 0.2) is 12.2 Å². The molecular formula is C10H18O. The summed E-state index contributed by atoms with van der Waals surface area (Å²) in [7, 11) is 0. The molecule has 1 N–H and O–H groups in total. The minimum atomic E-state index is 0.322. The van der Waals surface area contributed by atoms with Crippen molar-refractivity contribution < 1.29 is 5.11 Å². The molecule has 1 heteroatoms. The molecule has 0 aromatic carbocycles. The fourth-order valence-electron chi connectivity index (χ4n) is 1.94. The summed E-state index contributed by atoms with van der Waals surface area (Å²) >= 11 is 0. The highest BCUT2D eigenvalue weighted by Gasteiger charge is 2.31.